The molecule has 0 saturated heterocycles. The Morgan fingerprint density at radius 1 is 1.89 bits per heavy atom. The summed E-state index contributed by atoms with van der Waals surface area (Å²) in [5.74, 6) is 0. The zero-order valence-corrected chi connectivity index (χ0v) is 5.72. The molecule has 0 unspecified atom stereocenters. The normalized spacial score (nSPS) is 17.0. The lowest BCUT2D eigenvalue weighted by Crippen LogP contribution is -1.90. The van der Waals surface area contributed by atoms with E-state index in [-0.39, 0.29) is 0 Å². The molecule has 0 amide bonds. The average molecular weight is 121 g/mol. The van der Waals surface area contributed by atoms with Gasteiger partial charge in [-0.1, -0.05) is 6.08 Å². The molecule has 0 spiro atoms. The first-order chi connectivity index (χ1) is 4.33. The first-order valence-corrected chi connectivity index (χ1v) is 3.15. The summed E-state index contributed by atoms with van der Waals surface area (Å²) in [6.45, 7) is 5.74. The number of aliphatic imine (C=N–C) groups is 1. The Morgan fingerprint density at radius 2 is 2.67 bits per heavy atom. The minimum absolute atomic E-state index is 0.938. The van der Waals surface area contributed by atoms with Crippen LogP contribution in [0.3, 0.4) is 0 Å². The second-order valence-corrected chi connectivity index (χ2v) is 2.34. The highest BCUT2D eigenvalue weighted by molar-refractivity contribution is 5.90. The highest BCUT2D eigenvalue weighted by atomic mass is 14.7. The summed E-state index contributed by atoms with van der Waals surface area (Å²) in [5, 5.41) is 0. The van der Waals surface area contributed by atoms with Gasteiger partial charge >= 0.3 is 0 Å². The summed E-state index contributed by atoms with van der Waals surface area (Å²) >= 11 is 0. The molecule has 48 valence electrons. The van der Waals surface area contributed by atoms with E-state index in [1.807, 2.05) is 12.3 Å². The van der Waals surface area contributed by atoms with Crippen molar-refractivity contribution in [2.45, 2.75) is 19.8 Å². The minimum atomic E-state index is 0.938. The summed E-state index contributed by atoms with van der Waals surface area (Å²) in [7, 11) is 0. The molecule has 1 aliphatic heterocycles. The molecule has 0 bridgehead atoms. The fourth-order valence-corrected chi connectivity index (χ4v) is 0.906. The predicted molar refractivity (Wildman–Crippen MR) is 40.6 cm³/mol. The Hall–Kier alpha value is -0.850. The maximum absolute atomic E-state index is 4.19. The van der Waals surface area contributed by atoms with E-state index in [1.54, 1.807) is 0 Å². The van der Waals surface area contributed by atoms with Crippen LogP contribution in [0, 0.1) is 0 Å². The van der Waals surface area contributed by atoms with Gasteiger partial charge in [0, 0.05) is 24.8 Å². The molecule has 0 aromatic carbocycles. The van der Waals surface area contributed by atoms with Gasteiger partial charge in [-0.3, -0.25) is 4.99 Å². The summed E-state index contributed by atoms with van der Waals surface area (Å²) in [5.41, 5.74) is 2.59. The number of allylic oxidation sites excluding steroid dienone is 2. The van der Waals surface area contributed by atoms with Gasteiger partial charge in [0.2, 0.25) is 0 Å². The SMILES string of the molecule is C=CCC1=NC=C(C)C1. The fraction of sp³-hybridized carbons (Fsp3) is 0.375. The van der Waals surface area contributed by atoms with Crippen LogP contribution in [-0.4, -0.2) is 5.71 Å². The molecule has 0 fully saturated rings. The third-order valence-corrected chi connectivity index (χ3v) is 1.33. The van der Waals surface area contributed by atoms with E-state index < -0.39 is 0 Å². The quantitative estimate of drug-likeness (QED) is 0.497. The largest absolute Gasteiger partial charge is 0.265 e. The van der Waals surface area contributed by atoms with Gasteiger partial charge in [0.25, 0.3) is 0 Å². The van der Waals surface area contributed by atoms with E-state index in [0.29, 0.717) is 0 Å². The minimum Gasteiger partial charge on any atom is -0.265 e. The van der Waals surface area contributed by atoms with Crippen molar-refractivity contribution in [3.8, 4) is 0 Å². The zero-order chi connectivity index (χ0) is 6.69. The summed E-state index contributed by atoms with van der Waals surface area (Å²) in [6, 6.07) is 0. The molecular weight excluding hydrogens is 110 g/mol. The van der Waals surface area contributed by atoms with E-state index in [4.69, 9.17) is 0 Å². The molecule has 0 aromatic heterocycles. The second-order valence-electron chi connectivity index (χ2n) is 2.34. The smallest absolute Gasteiger partial charge is 0.0260 e. The lowest BCUT2D eigenvalue weighted by atomic mass is 10.1. The molecule has 0 saturated carbocycles. The summed E-state index contributed by atoms with van der Waals surface area (Å²) < 4.78 is 0. The van der Waals surface area contributed by atoms with Crippen molar-refractivity contribution in [2.75, 3.05) is 0 Å². The first kappa shape index (κ1) is 6.27. The molecule has 1 nitrogen and oxygen atoms in total. The number of rotatable bonds is 2. The Balaban J connectivity index is 2.43. The first-order valence-electron chi connectivity index (χ1n) is 3.15. The maximum Gasteiger partial charge on any atom is 0.0260 e. The monoisotopic (exact) mass is 121 g/mol. The Kier molecular flexibility index (Phi) is 1.83. The molecule has 0 N–H and O–H groups in total. The third-order valence-electron chi connectivity index (χ3n) is 1.33. The van der Waals surface area contributed by atoms with Crippen LogP contribution in [0.5, 0.6) is 0 Å². The molecule has 0 atom stereocenters. The van der Waals surface area contributed by atoms with E-state index in [0.717, 1.165) is 12.8 Å². The van der Waals surface area contributed by atoms with Gasteiger partial charge in [-0.05, 0) is 12.5 Å². The van der Waals surface area contributed by atoms with Gasteiger partial charge in [0.05, 0.1) is 0 Å². The zero-order valence-electron chi connectivity index (χ0n) is 5.72. The van der Waals surface area contributed by atoms with E-state index in [2.05, 4.69) is 18.5 Å². The number of nitrogens with zero attached hydrogens (tertiary/aromatic N) is 1. The molecule has 1 rings (SSSR count). The highest BCUT2D eigenvalue weighted by Gasteiger charge is 2.02. The third kappa shape index (κ3) is 1.53. The molecule has 1 aliphatic rings. The number of hydrogen-bond acceptors (Lipinski definition) is 1. The van der Waals surface area contributed by atoms with Crippen molar-refractivity contribution in [1.82, 2.24) is 0 Å². The van der Waals surface area contributed by atoms with Crippen molar-refractivity contribution in [2.24, 2.45) is 4.99 Å². The van der Waals surface area contributed by atoms with Crippen molar-refractivity contribution in [1.29, 1.82) is 0 Å². The van der Waals surface area contributed by atoms with E-state index in [9.17, 15) is 0 Å². The molecule has 1 heteroatoms. The van der Waals surface area contributed by atoms with Crippen LogP contribution in [0.25, 0.3) is 0 Å². The van der Waals surface area contributed by atoms with Crippen molar-refractivity contribution < 1.29 is 0 Å². The van der Waals surface area contributed by atoms with Crippen LogP contribution in [0.1, 0.15) is 19.8 Å². The fourth-order valence-electron chi connectivity index (χ4n) is 0.906. The van der Waals surface area contributed by atoms with Gasteiger partial charge in [0.1, 0.15) is 0 Å². The Morgan fingerprint density at radius 3 is 3.11 bits per heavy atom. The van der Waals surface area contributed by atoms with Gasteiger partial charge < -0.3 is 0 Å². The van der Waals surface area contributed by atoms with Gasteiger partial charge in [-0.2, -0.15) is 0 Å². The van der Waals surface area contributed by atoms with Crippen LogP contribution >= 0.6 is 0 Å². The molecule has 1 heterocycles. The Bertz CT molecular complexity index is 175. The van der Waals surface area contributed by atoms with Crippen molar-refractivity contribution in [3.63, 3.8) is 0 Å². The van der Waals surface area contributed by atoms with Gasteiger partial charge in [0.15, 0.2) is 0 Å². The van der Waals surface area contributed by atoms with Gasteiger partial charge in [-0.25, -0.2) is 0 Å². The molecule has 0 aliphatic carbocycles. The van der Waals surface area contributed by atoms with Crippen LogP contribution in [-0.2, 0) is 0 Å². The summed E-state index contributed by atoms with van der Waals surface area (Å²) in [6.07, 6.45) is 5.81. The van der Waals surface area contributed by atoms with Crippen molar-refractivity contribution >= 4 is 5.71 Å². The number of hydrogen-bond donors (Lipinski definition) is 0. The topological polar surface area (TPSA) is 12.4 Å². The van der Waals surface area contributed by atoms with E-state index >= 15 is 0 Å². The van der Waals surface area contributed by atoms with Crippen LogP contribution in [0.4, 0.5) is 0 Å². The lowest BCUT2D eigenvalue weighted by Gasteiger charge is -1.91. The van der Waals surface area contributed by atoms with Crippen molar-refractivity contribution in [3.05, 3.63) is 24.4 Å². The standard InChI is InChI=1S/C8H11N/c1-3-4-8-5-7(2)6-9-8/h3,6H,1,4-5H2,2H3. The predicted octanol–water partition coefficient (Wildman–Crippen LogP) is 2.31. The second kappa shape index (κ2) is 2.62. The van der Waals surface area contributed by atoms with Crippen LogP contribution in [0.15, 0.2) is 29.4 Å². The molecular formula is C8H11N. The van der Waals surface area contributed by atoms with Gasteiger partial charge in [-0.15, -0.1) is 6.58 Å². The molecule has 9 heavy (non-hydrogen) atoms. The Labute approximate surface area is 55.8 Å². The van der Waals surface area contributed by atoms with E-state index in [1.165, 1.54) is 11.3 Å². The highest BCUT2D eigenvalue weighted by Crippen LogP contribution is 2.12. The molecule has 0 aromatic rings. The lowest BCUT2D eigenvalue weighted by molar-refractivity contribution is 1.27. The molecule has 0 radical (unpaired) electrons. The average Bonchev–Trinajstić information content (AvgIpc) is 2.17. The van der Waals surface area contributed by atoms with Crippen LogP contribution < -0.4 is 0 Å². The summed E-state index contributed by atoms with van der Waals surface area (Å²) in [4.78, 5) is 4.19. The van der Waals surface area contributed by atoms with Crippen LogP contribution in [0.2, 0.25) is 0 Å². The maximum atomic E-state index is 4.19.